The maximum absolute atomic E-state index is 11.5. The molecule has 1 aliphatic heterocycles. The molecule has 0 bridgehead atoms. The molecule has 0 atom stereocenters. The van der Waals surface area contributed by atoms with Crippen molar-refractivity contribution < 1.29 is 9.90 Å². The standard InChI is InChI=1S/C17H22N2O2/c1-10-15(16(20)21)13-6-11-8-19(17(2,3)4)9-12(11)7-14(13)18(10)5/h6-7H,8-9H2,1-5H3,(H,20,21). The van der Waals surface area contributed by atoms with Crippen molar-refractivity contribution in [2.75, 3.05) is 0 Å². The van der Waals surface area contributed by atoms with Gasteiger partial charge in [0.2, 0.25) is 0 Å². The van der Waals surface area contributed by atoms with Crippen molar-refractivity contribution in [2.45, 2.75) is 46.3 Å². The third kappa shape index (κ3) is 2.05. The molecule has 1 aromatic carbocycles. The average molecular weight is 286 g/mol. The van der Waals surface area contributed by atoms with E-state index in [-0.39, 0.29) is 5.54 Å². The Kier molecular flexibility index (Phi) is 2.92. The second-order valence-corrected chi connectivity index (χ2v) is 6.99. The molecule has 0 spiro atoms. The minimum absolute atomic E-state index is 0.122. The van der Waals surface area contributed by atoms with E-state index in [1.54, 1.807) is 0 Å². The lowest BCUT2D eigenvalue weighted by atomic mass is 10.0. The highest BCUT2D eigenvalue weighted by Gasteiger charge is 2.29. The van der Waals surface area contributed by atoms with Crippen LogP contribution in [0.3, 0.4) is 0 Å². The Labute approximate surface area is 125 Å². The fourth-order valence-corrected chi connectivity index (χ4v) is 3.20. The van der Waals surface area contributed by atoms with Gasteiger partial charge in [-0.15, -0.1) is 0 Å². The van der Waals surface area contributed by atoms with Crippen LogP contribution in [0.1, 0.15) is 48.0 Å². The predicted octanol–water partition coefficient (Wildman–Crippen LogP) is 3.30. The minimum atomic E-state index is -0.844. The van der Waals surface area contributed by atoms with Crippen LogP contribution in [0.4, 0.5) is 0 Å². The molecule has 1 aromatic heterocycles. The van der Waals surface area contributed by atoms with Crippen molar-refractivity contribution in [1.29, 1.82) is 0 Å². The van der Waals surface area contributed by atoms with Crippen molar-refractivity contribution in [3.05, 3.63) is 34.5 Å². The number of aromatic nitrogens is 1. The van der Waals surface area contributed by atoms with Crippen LogP contribution < -0.4 is 0 Å². The Morgan fingerprint density at radius 3 is 2.29 bits per heavy atom. The van der Waals surface area contributed by atoms with Crippen molar-refractivity contribution >= 4 is 16.9 Å². The molecule has 0 fully saturated rings. The molecular formula is C17H22N2O2. The van der Waals surface area contributed by atoms with Crippen LogP contribution >= 0.6 is 0 Å². The molecule has 0 amide bonds. The summed E-state index contributed by atoms with van der Waals surface area (Å²) in [7, 11) is 1.94. The molecule has 2 heterocycles. The first-order chi connectivity index (χ1) is 9.70. The lowest BCUT2D eigenvalue weighted by Gasteiger charge is -2.31. The molecule has 1 N–H and O–H groups in total. The van der Waals surface area contributed by atoms with Gasteiger partial charge in [-0.2, -0.15) is 0 Å². The van der Waals surface area contributed by atoms with Crippen LogP contribution in [0.15, 0.2) is 12.1 Å². The highest BCUT2D eigenvalue weighted by Crippen LogP contribution is 2.34. The first kappa shape index (κ1) is 14.1. The Hall–Kier alpha value is -1.81. The van der Waals surface area contributed by atoms with E-state index in [0.717, 1.165) is 29.7 Å². The van der Waals surface area contributed by atoms with Gasteiger partial charge in [0.15, 0.2) is 0 Å². The Morgan fingerprint density at radius 1 is 1.19 bits per heavy atom. The van der Waals surface area contributed by atoms with Gasteiger partial charge < -0.3 is 9.67 Å². The molecule has 0 saturated heterocycles. The van der Waals surface area contributed by atoms with E-state index in [0.29, 0.717) is 5.56 Å². The smallest absolute Gasteiger partial charge is 0.338 e. The number of aryl methyl sites for hydroxylation is 1. The Morgan fingerprint density at radius 2 is 1.76 bits per heavy atom. The lowest BCUT2D eigenvalue weighted by molar-refractivity contribution is 0.0698. The summed E-state index contributed by atoms with van der Waals surface area (Å²) in [6, 6.07) is 4.24. The van der Waals surface area contributed by atoms with Gasteiger partial charge in [-0.05, 0) is 51.0 Å². The molecule has 0 radical (unpaired) electrons. The van der Waals surface area contributed by atoms with E-state index in [1.165, 1.54) is 11.1 Å². The summed E-state index contributed by atoms with van der Waals surface area (Å²) in [5.74, 6) is -0.844. The summed E-state index contributed by atoms with van der Waals surface area (Å²) in [6.45, 7) is 10.3. The first-order valence-corrected chi connectivity index (χ1v) is 7.29. The largest absolute Gasteiger partial charge is 0.478 e. The number of carbonyl (C=O) groups is 1. The average Bonchev–Trinajstić information content (AvgIpc) is 2.88. The Balaban J connectivity index is 2.18. The van der Waals surface area contributed by atoms with Gasteiger partial charge in [-0.3, -0.25) is 4.90 Å². The maximum atomic E-state index is 11.5. The molecule has 0 saturated carbocycles. The molecule has 21 heavy (non-hydrogen) atoms. The zero-order chi connectivity index (χ0) is 15.5. The number of carboxylic acid groups (broad SMARTS) is 1. The van der Waals surface area contributed by atoms with E-state index < -0.39 is 5.97 Å². The van der Waals surface area contributed by atoms with Gasteiger partial charge in [0.25, 0.3) is 0 Å². The van der Waals surface area contributed by atoms with Crippen molar-refractivity contribution in [2.24, 2.45) is 7.05 Å². The van der Waals surface area contributed by atoms with E-state index in [4.69, 9.17) is 0 Å². The highest BCUT2D eigenvalue weighted by atomic mass is 16.4. The summed E-state index contributed by atoms with van der Waals surface area (Å²) in [5.41, 5.74) is 4.95. The van der Waals surface area contributed by atoms with Crippen LogP contribution in [0.2, 0.25) is 0 Å². The van der Waals surface area contributed by atoms with Crippen molar-refractivity contribution in [1.82, 2.24) is 9.47 Å². The molecule has 3 rings (SSSR count). The normalized spacial score (nSPS) is 15.7. The highest BCUT2D eigenvalue weighted by molar-refractivity contribution is 6.05. The fourth-order valence-electron chi connectivity index (χ4n) is 3.20. The van der Waals surface area contributed by atoms with Crippen molar-refractivity contribution in [3.8, 4) is 0 Å². The van der Waals surface area contributed by atoms with Crippen molar-refractivity contribution in [3.63, 3.8) is 0 Å². The molecule has 1 aliphatic rings. The first-order valence-electron chi connectivity index (χ1n) is 7.29. The van der Waals surface area contributed by atoms with E-state index in [1.807, 2.05) is 18.5 Å². The summed E-state index contributed by atoms with van der Waals surface area (Å²) in [4.78, 5) is 14.0. The third-order valence-corrected chi connectivity index (χ3v) is 4.70. The zero-order valence-electron chi connectivity index (χ0n) is 13.3. The van der Waals surface area contributed by atoms with Gasteiger partial charge in [0.05, 0.1) is 5.56 Å². The Bertz CT molecular complexity index is 750. The van der Waals surface area contributed by atoms with Crippen LogP contribution in [0.25, 0.3) is 10.9 Å². The summed E-state index contributed by atoms with van der Waals surface area (Å²) in [5, 5.41) is 10.3. The second-order valence-electron chi connectivity index (χ2n) is 6.99. The van der Waals surface area contributed by atoms with Gasteiger partial charge in [0, 0.05) is 42.3 Å². The van der Waals surface area contributed by atoms with Gasteiger partial charge in [-0.1, -0.05) is 0 Å². The zero-order valence-corrected chi connectivity index (χ0v) is 13.3. The van der Waals surface area contributed by atoms with Crippen LogP contribution in [-0.2, 0) is 20.1 Å². The summed E-state index contributed by atoms with van der Waals surface area (Å²) >= 11 is 0. The number of carboxylic acids is 1. The van der Waals surface area contributed by atoms with E-state index in [9.17, 15) is 9.90 Å². The van der Waals surface area contributed by atoms with E-state index >= 15 is 0 Å². The van der Waals surface area contributed by atoms with E-state index in [2.05, 4.69) is 37.8 Å². The molecule has 0 unspecified atom stereocenters. The second kappa shape index (κ2) is 4.34. The summed E-state index contributed by atoms with van der Waals surface area (Å²) < 4.78 is 1.98. The number of rotatable bonds is 1. The molecule has 4 heteroatoms. The maximum Gasteiger partial charge on any atom is 0.338 e. The number of fused-ring (bicyclic) bond motifs is 2. The number of hydrogen-bond acceptors (Lipinski definition) is 2. The number of hydrogen-bond donors (Lipinski definition) is 1. The number of aromatic carboxylic acids is 1. The van der Waals surface area contributed by atoms with Crippen LogP contribution in [0, 0.1) is 6.92 Å². The van der Waals surface area contributed by atoms with Gasteiger partial charge in [0.1, 0.15) is 0 Å². The number of benzene rings is 1. The topological polar surface area (TPSA) is 45.5 Å². The SMILES string of the molecule is Cc1c(C(=O)O)c2cc3c(cc2n1C)CN(C(C)(C)C)C3. The molecule has 0 aliphatic carbocycles. The fraction of sp³-hybridized carbons (Fsp3) is 0.471. The quantitative estimate of drug-likeness (QED) is 0.875. The molecular weight excluding hydrogens is 264 g/mol. The van der Waals surface area contributed by atoms with Crippen LogP contribution in [0.5, 0.6) is 0 Å². The summed E-state index contributed by atoms with van der Waals surface area (Å²) in [6.07, 6.45) is 0. The third-order valence-electron chi connectivity index (χ3n) is 4.70. The molecule has 2 aromatic rings. The van der Waals surface area contributed by atoms with Gasteiger partial charge in [-0.25, -0.2) is 4.79 Å². The van der Waals surface area contributed by atoms with Crippen LogP contribution in [-0.4, -0.2) is 26.1 Å². The van der Waals surface area contributed by atoms with Gasteiger partial charge >= 0.3 is 5.97 Å². The minimum Gasteiger partial charge on any atom is -0.478 e. The predicted molar refractivity (Wildman–Crippen MR) is 83.6 cm³/mol. The molecule has 4 nitrogen and oxygen atoms in total. The monoisotopic (exact) mass is 286 g/mol. The lowest BCUT2D eigenvalue weighted by Crippen LogP contribution is -2.36. The number of nitrogens with zero attached hydrogens (tertiary/aromatic N) is 2. The molecule has 112 valence electrons.